The number of benzene rings is 2. The smallest absolute Gasteiger partial charge is 0.338 e. The van der Waals surface area contributed by atoms with Crippen LogP contribution in [0.1, 0.15) is 26.6 Å². The van der Waals surface area contributed by atoms with Crippen molar-refractivity contribution >= 4 is 56.9 Å². The van der Waals surface area contributed by atoms with E-state index in [4.69, 9.17) is 10.2 Å². The van der Waals surface area contributed by atoms with Gasteiger partial charge in [-0.05, 0) is 59.3 Å². The van der Waals surface area contributed by atoms with Crippen LogP contribution < -0.4 is 11.1 Å². The number of carboxylic acid groups (broad SMARTS) is 1. The molecule has 1 amide bonds. The number of carboxylic acids is 1. The number of amides is 1. The first kappa shape index (κ1) is 17.1. The molecule has 2 aromatic carbocycles. The molecule has 3 rings (SSSR count). The van der Waals surface area contributed by atoms with E-state index in [1.54, 1.807) is 12.1 Å². The third-order valence-electron chi connectivity index (χ3n) is 3.51. The average molecular weight is 455 g/mol. The largest absolute Gasteiger partial charge is 0.478 e. The molecular formula is C16H11FIN3O4. The van der Waals surface area contributed by atoms with Crippen LogP contribution >= 0.6 is 22.6 Å². The average Bonchev–Trinajstić information content (AvgIpc) is 2.96. The van der Waals surface area contributed by atoms with Crippen molar-refractivity contribution in [3.05, 3.63) is 50.7 Å². The highest BCUT2D eigenvalue weighted by molar-refractivity contribution is 14.1. The van der Waals surface area contributed by atoms with Crippen molar-refractivity contribution in [2.75, 3.05) is 5.32 Å². The Balaban J connectivity index is 2.21. The van der Waals surface area contributed by atoms with Crippen LogP contribution in [0.3, 0.4) is 0 Å². The molecule has 0 aliphatic rings. The second-order valence-electron chi connectivity index (χ2n) is 5.23. The lowest BCUT2D eigenvalue weighted by Crippen LogP contribution is -2.10. The lowest BCUT2D eigenvalue weighted by molar-refractivity contribution is 0.0697. The Bertz CT molecular complexity index is 1030. The molecule has 9 heteroatoms. The lowest BCUT2D eigenvalue weighted by Gasteiger charge is -2.13. The fourth-order valence-corrected chi connectivity index (χ4v) is 2.97. The molecule has 0 fully saturated rings. The van der Waals surface area contributed by atoms with E-state index in [2.05, 4.69) is 32.9 Å². The molecule has 25 heavy (non-hydrogen) atoms. The van der Waals surface area contributed by atoms with Gasteiger partial charge in [-0.15, -0.1) is 0 Å². The molecule has 3 aromatic rings. The molecule has 7 nitrogen and oxygen atoms in total. The summed E-state index contributed by atoms with van der Waals surface area (Å²) in [6.07, 6.45) is 0. The number of oxazole rings is 1. The number of anilines is 2. The van der Waals surface area contributed by atoms with Gasteiger partial charge in [0, 0.05) is 9.26 Å². The van der Waals surface area contributed by atoms with Crippen molar-refractivity contribution in [2.45, 2.75) is 6.92 Å². The zero-order valence-electron chi connectivity index (χ0n) is 12.8. The van der Waals surface area contributed by atoms with Crippen LogP contribution in [0.4, 0.5) is 15.8 Å². The molecule has 0 aliphatic heterocycles. The highest BCUT2D eigenvalue weighted by atomic mass is 127. The maximum Gasteiger partial charge on any atom is 0.338 e. The molecule has 128 valence electrons. The molecule has 0 bridgehead atoms. The van der Waals surface area contributed by atoms with Crippen LogP contribution in [0.2, 0.25) is 0 Å². The first-order valence-electron chi connectivity index (χ1n) is 6.97. The Morgan fingerprint density at radius 3 is 2.68 bits per heavy atom. The number of hydrogen-bond donors (Lipinski definition) is 3. The number of hydrogen-bond acceptors (Lipinski definition) is 5. The van der Waals surface area contributed by atoms with Gasteiger partial charge in [0.15, 0.2) is 11.4 Å². The predicted octanol–water partition coefficient (Wildman–Crippen LogP) is 3.42. The van der Waals surface area contributed by atoms with E-state index < -0.39 is 23.6 Å². The van der Waals surface area contributed by atoms with Gasteiger partial charge in [-0.25, -0.2) is 14.2 Å². The van der Waals surface area contributed by atoms with Crippen LogP contribution in [0.25, 0.3) is 11.1 Å². The van der Waals surface area contributed by atoms with Gasteiger partial charge in [-0.3, -0.25) is 4.79 Å². The number of aryl methyl sites for hydroxylation is 1. The summed E-state index contributed by atoms with van der Waals surface area (Å²) in [6.45, 7) is 1.81. The molecule has 1 aromatic heterocycles. The predicted molar refractivity (Wildman–Crippen MR) is 96.6 cm³/mol. The molecular weight excluding hydrogens is 444 g/mol. The van der Waals surface area contributed by atoms with E-state index in [0.29, 0.717) is 5.69 Å². The van der Waals surface area contributed by atoms with Gasteiger partial charge in [0.05, 0.1) is 11.3 Å². The Morgan fingerprint density at radius 2 is 2.08 bits per heavy atom. The number of halogens is 2. The normalized spacial score (nSPS) is 10.8. The van der Waals surface area contributed by atoms with Crippen molar-refractivity contribution < 1.29 is 23.5 Å². The highest BCUT2D eigenvalue weighted by Gasteiger charge is 2.24. The molecule has 0 atom stereocenters. The highest BCUT2D eigenvalue weighted by Crippen LogP contribution is 2.32. The van der Waals surface area contributed by atoms with Gasteiger partial charge in [-0.2, -0.15) is 0 Å². The van der Waals surface area contributed by atoms with Gasteiger partial charge < -0.3 is 20.6 Å². The Morgan fingerprint density at radius 1 is 1.36 bits per heavy atom. The van der Waals surface area contributed by atoms with Crippen LogP contribution in [0, 0.1) is 16.3 Å². The second-order valence-corrected chi connectivity index (χ2v) is 6.48. The first-order chi connectivity index (χ1) is 11.8. The van der Waals surface area contributed by atoms with Crippen LogP contribution in [-0.2, 0) is 0 Å². The van der Waals surface area contributed by atoms with E-state index in [1.807, 2.05) is 13.0 Å². The summed E-state index contributed by atoms with van der Waals surface area (Å²) in [5.41, 5.74) is 5.35. The summed E-state index contributed by atoms with van der Waals surface area (Å²) in [4.78, 5) is 26.4. The van der Waals surface area contributed by atoms with Crippen LogP contribution in [-0.4, -0.2) is 22.0 Å². The van der Waals surface area contributed by atoms with Gasteiger partial charge in [0.1, 0.15) is 5.52 Å². The number of fused-ring (bicyclic) bond motifs is 1. The Labute approximate surface area is 154 Å². The topological polar surface area (TPSA) is 118 Å². The van der Waals surface area contributed by atoms with Crippen molar-refractivity contribution in [1.82, 2.24) is 4.98 Å². The number of aromatic carboxylic acids is 1. The van der Waals surface area contributed by atoms with Gasteiger partial charge >= 0.3 is 11.9 Å². The molecule has 0 aliphatic carbocycles. The molecule has 0 saturated carbocycles. The number of nitrogens with one attached hydrogen (secondary N) is 1. The summed E-state index contributed by atoms with van der Waals surface area (Å²) in [7, 11) is 0. The summed E-state index contributed by atoms with van der Waals surface area (Å²) in [6, 6.07) is 6.48. The summed E-state index contributed by atoms with van der Waals surface area (Å²) in [5.74, 6) is -3.77. The monoisotopic (exact) mass is 455 g/mol. The molecule has 1 heterocycles. The van der Waals surface area contributed by atoms with Crippen molar-refractivity contribution in [3.8, 4) is 0 Å². The standard InChI is InChI=1S/C16H11FIN3O4/c1-6-4-7(18)2-3-9(6)20-12-8(16(23)24)5-10-13(11(12)17)21-15(25-10)14(19)22/h2-5,20H,1H3,(H2,19,22)(H,23,24). The van der Waals surface area contributed by atoms with Gasteiger partial charge in [-0.1, -0.05) is 0 Å². The lowest BCUT2D eigenvalue weighted by atomic mass is 10.1. The SMILES string of the molecule is Cc1cc(I)ccc1Nc1c(C(=O)O)cc2oc(C(N)=O)nc2c1F. The van der Waals surface area contributed by atoms with Crippen molar-refractivity contribution in [3.63, 3.8) is 0 Å². The number of carbonyl (C=O) groups excluding carboxylic acids is 1. The van der Waals surface area contributed by atoms with E-state index in [1.165, 1.54) is 0 Å². The van der Waals surface area contributed by atoms with Crippen LogP contribution in [0.5, 0.6) is 0 Å². The molecule has 0 unspecified atom stereocenters. The van der Waals surface area contributed by atoms with Crippen LogP contribution in [0.15, 0.2) is 28.7 Å². The number of nitrogens with two attached hydrogens (primary N) is 1. The number of aromatic nitrogens is 1. The Hall–Kier alpha value is -2.69. The fourth-order valence-electron chi connectivity index (χ4n) is 2.33. The number of primary amides is 1. The number of rotatable bonds is 4. The number of carbonyl (C=O) groups is 2. The minimum atomic E-state index is -1.36. The minimum absolute atomic E-state index is 0.173. The zero-order valence-corrected chi connectivity index (χ0v) is 14.9. The number of nitrogens with zero attached hydrogens (tertiary/aromatic N) is 1. The summed E-state index contributed by atoms with van der Waals surface area (Å²) < 4.78 is 20.9. The zero-order chi connectivity index (χ0) is 18.3. The fraction of sp³-hybridized carbons (Fsp3) is 0.0625. The van der Waals surface area contributed by atoms with E-state index >= 15 is 0 Å². The molecule has 4 N–H and O–H groups in total. The first-order valence-corrected chi connectivity index (χ1v) is 8.05. The van der Waals surface area contributed by atoms with E-state index in [0.717, 1.165) is 15.2 Å². The molecule has 0 spiro atoms. The van der Waals surface area contributed by atoms with E-state index in [9.17, 15) is 19.1 Å². The summed E-state index contributed by atoms with van der Waals surface area (Å²) in [5, 5.41) is 12.2. The minimum Gasteiger partial charge on any atom is -0.478 e. The maximum atomic E-state index is 14.9. The third-order valence-corrected chi connectivity index (χ3v) is 4.19. The van der Waals surface area contributed by atoms with Gasteiger partial charge in [0.25, 0.3) is 5.89 Å². The molecule has 0 radical (unpaired) electrons. The maximum absolute atomic E-state index is 14.9. The van der Waals surface area contributed by atoms with Gasteiger partial charge in [0.2, 0.25) is 0 Å². The van der Waals surface area contributed by atoms with Crippen molar-refractivity contribution in [1.29, 1.82) is 0 Å². The quantitative estimate of drug-likeness (QED) is 0.519. The second kappa shape index (κ2) is 6.31. The molecule has 0 saturated heterocycles. The third kappa shape index (κ3) is 3.14. The summed E-state index contributed by atoms with van der Waals surface area (Å²) >= 11 is 2.14. The Kier molecular flexibility index (Phi) is 4.33. The van der Waals surface area contributed by atoms with Crippen molar-refractivity contribution in [2.24, 2.45) is 5.73 Å². The van der Waals surface area contributed by atoms with E-state index in [-0.39, 0.29) is 22.4 Å².